The lowest BCUT2D eigenvalue weighted by atomic mass is 10.3. The van der Waals surface area contributed by atoms with Crippen LogP contribution in [0.1, 0.15) is 0 Å². The van der Waals surface area contributed by atoms with Gasteiger partial charge in [0.1, 0.15) is 0 Å². The number of ketones is 1. The first kappa shape index (κ1) is 4.83. The Hall–Kier alpha value is -1.32. The first-order valence-corrected chi connectivity index (χ1v) is 1.88. The van der Waals surface area contributed by atoms with Gasteiger partial charge in [0.15, 0.2) is 0 Å². The topological polar surface area (TPSA) is 58.9 Å². The quantitative estimate of drug-likeness (QED) is 0.406. The number of nitrogens with zero attached hydrogens (tertiary/aromatic N) is 2. The molecule has 1 aliphatic rings. The third-order valence-corrected chi connectivity index (χ3v) is 0.596. The second-order valence-corrected chi connectivity index (χ2v) is 1.12. The zero-order chi connectivity index (χ0) is 5.98. The molecule has 0 N–H and O–H groups in total. The van der Waals surface area contributed by atoms with Gasteiger partial charge in [0.2, 0.25) is 0 Å². The first-order chi connectivity index (χ1) is 3.80. The van der Waals surface area contributed by atoms with Gasteiger partial charge in [-0.2, -0.15) is 5.11 Å². The van der Waals surface area contributed by atoms with Crippen molar-refractivity contribution in [2.45, 2.75) is 0 Å². The van der Waals surface area contributed by atoms with E-state index in [-0.39, 0.29) is 0 Å². The van der Waals surface area contributed by atoms with Gasteiger partial charge in [-0.25, -0.2) is 0 Å². The van der Waals surface area contributed by atoms with E-state index in [2.05, 4.69) is 16.3 Å². The Balaban J connectivity index is 2.89. The normalized spacial score (nSPS) is 17.5. The van der Waals surface area contributed by atoms with Crippen LogP contribution < -0.4 is 0 Å². The minimum absolute atomic E-state index is 0.736. The highest BCUT2D eigenvalue weighted by molar-refractivity contribution is 6.39. The molecule has 39 valence electrons. The molecule has 0 aromatic rings. The number of hydrogen-bond donors (Lipinski definition) is 0. The summed E-state index contributed by atoms with van der Waals surface area (Å²) >= 11 is 0. The third-order valence-electron chi connectivity index (χ3n) is 0.596. The highest BCUT2D eigenvalue weighted by Gasteiger charge is 2.10. The maximum Gasteiger partial charge on any atom is 0.336 e. The Labute approximate surface area is 44.9 Å². The fourth-order valence-electron chi connectivity index (χ4n) is 0.276. The molecule has 1 aliphatic heterocycles. The Morgan fingerprint density at radius 1 is 1.50 bits per heavy atom. The van der Waals surface area contributed by atoms with Gasteiger partial charge >= 0.3 is 5.91 Å². The van der Waals surface area contributed by atoms with Crippen LogP contribution in [0.15, 0.2) is 16.4 Å². The number of amides is 1. The molecule has 8 heavy (non-hydrogen) atoms. The molecule has 0 aromatic carbocycles. The molecule has 0 aliphatic carbocycles. The van der Waals surface area contributed by atoms with E-state index in [4.69, 9.17) is 0 Å². The number of rotatable bonds is 0. The molecule has 0 atom stereocenters. The van der Waals surface area contributed by atoms with Gasteiger partial charge < -0.3 is 0 Å². The minimum atomic E-state index is -0.854. The van der Waals surface area contributed by atoms with E-state index in [1.807, 2.05) is 0 Å². The summed E-state index contributed by atoms with van der Waals surface area (Å²) < 4.78 is 0. The van der Waals surface area contributed by atoms with Crippen molar-refractivity contribution >= 4 is 11.7 Å². The van der Waals surface area contributed by atoms with Crippen molar-refractivity contribution in [1.29, 1.82) is 0 Å². The van der Waals surface area contributed by atoms with Crippen LogP contribution in [0.5, 0.6) is 0 Å². The predicted octanol–water partition coefficient (Wildman–Crippen LogP) is -0.135. The summed E-state index contributed by atoms with van der Waals surface area (Å²) in [6, 6.07) is 0. The van der Waals surface area contributed by atoms with Gasteiger partial charge in [-0.3, -0.25) is 9.59 Å². The van der Waals surface area contributed by atoms with Gasteiger partial charge in [-0.15, -0.1) is 5.11 Å². The molecular weight excluding hydrogens is 108 g/mol. The van der Waals surface area contributed by atoms with Crippen LogP contribution in [0.4, 0.5) is 0 Å². The monoisotopic (exact) mass is 109 g/mol. The second kappa shape index (κ2) is 1.65. The molecule has 0 bridgehead atoms. The van der Waals surface area contributed by atoms with Crippen molar-refractivity contribution in [2.75, 3.05) is 0 Å². The lowest BCUT2D eigenvalue weighted by Crippen LogP contribution is -2.09. The molecule has 1 rings (SSSR count). The van der Waals surface area contributed by atoms with E-state index in [1.165, 1.54) is 0 Å². The van der Waals surface area contributed by atoms with Crippen LogP contribution in [0.25, 0.3) is 0 Å². The summed E-state index contributed by atoms with van der Waals surface area (Å²) in [5.41, 5.74) is 0. The SMILES string of the molecule is O=C1[C]=CN=NC1=O. The number of azo groups is 1. The lowest BCUT2D eigenvalue weighted by molar-refractivity contribution is -0.134. The van der Waals surface area contributed by atoms with Crippen molar-refractivity contribution in [3.05, 3.63) is 12.3 Å². The fourth-order valence-corrected chi connectivity index (χ4v) is 0.276. The van der Waals surface area contributed by atoms with E-state index in [9.17, 15) is 9.59 Å². The molecule has 0 saturated heterocycles. The Morgan fingerprint density at radius 2 is 2.25 bits per heavy atom. The molecule has 1 heterocycles. The van der Waals surface area contributed by atoms with Gasteiger partial charge in [0, 0.05) is 0 Å². The van der Waals surface area contributed by atoms with Crippen molar-refractivity contribution in [3.8, 4) is 0 Å². The highest BCUT2D eigenvalue weighted by Crippen LogP contribution is 1.90. The second-order valence-electron chi connectivity index (χ2n) is 1.12. The number of hydrogen-bond acceptors (Lipinski definition) is 3. The zero-order valence-electron chi connectivity index (χ0n) is 3.79. The number of Topliss-reactive ketones (excluding diaryl/α,β-unsaturated/α-hetero) is 1. The standard InChI is InChI=1S/C4HN2O2/c7-3-1-2-5-6-4(3)8/h2H. The first-order valence-electron chi connectivity index (χ1n) is 1.88. The molecule has 1 amide bonds. The largest absolute Gasteiger partial charge is 0.336 e. The minimum Gasteiger partial charge on any atom is -0.283 e. The molecule has 0 unspecified atom stereocenters. The van der Waals surface area contributed by atoms with Gasteiger partial charge in [0.05, 0.1) is 12.3 Å². The van der Waals surface area contributed by atoms with Crippen LogP contribution in [0.3, 0.4) is 0 Å². The third kappa shape index (κ3) is 0.676. The van der Waals surface area contributed by atoms with Crippen LogP contribution >= 0.6 is 0 Å². The number of carbonyl (C=O) groups is 2. The molecular formula is C4HN2O2. The van der Waals surface area contributed by atoms with E-state index >= 15 is 0 Å². The molecule has 0 fully saturated rings. The molecule has 0 aromatic heterocycles. The molecule has 0 spiro atoms. The summed E-state index contributed by atoms with van der Waals surface area (Å²) in [5, 5.41) is 6.06. The van der Waals surface area contributed by atoms with Crippen molar-refractivity contribution in [3.63, 3.8) is 0 Å². The van der Waals surface area contributed by atoms with E-state index in [1.54, 1.807) is 0 Å². The van der Waals surface area contributed by atoms with E-state index in [0.29, 0.717) is 0 Å². The van der Waals surface area contributed by atoms with Gasteiger partial charge in [0.25, 0.3) is 5.78 Å². The summed E-state index contributed by atoms with van der Waals surface area (Å²) in [6.45, 7) is 0. The molecule has 4 nitrogen and oxygen atoms in total. The van der Waals surface area contributed by atoms with Crippen LogP contribution in [-0.4, -0.2) is 11.7 Å². The fraction of sp³-hybridized carbons (Fsp3) is 0. The van der Waals surface area contributed by atoms with Gasteiger partial charge in [-0.1, -0.05) is 0 Å². The van der Waals surface area contributed by atoms with Crippen LogP contribution in [0, 0.1) is 6.08 Å². The smallest absolute Gasteiger partial charge is 0.283 e. The summed E-state index contributed by atoms with van der Waals surface area (Å²) in [5.74, 6) is -1.59. The average molecular weight is 109 g/mol. The summed E-state index contributed by atoms with van der Waals surface area (Å²) in [7, 11) is 0. The zero-order valence-corrected chi connectivity index (χ0v) is 3.79. The lowest BCUT2D eigenvalue weighted by Gasteiger charge is -1.85. The molecule has 0 saturated carbocycles. The average Bonchev–Trinajstić information content (AvgIpc) is 1.77. The van der Waals surface area contributed by atoms with Crippen molar-refractivity contribution in [2.24, 2.45) is 10.2 Å². The maximum absolute atomic E-state index is 10.1. The van der Waals surface area contributed by atoms with E-state index < -0.39 is 11.7 Å². The van der Waals surface area contributed by atoms with Crippen LogP contribution in [0.2, 0.25) is 0 Å². The van der Waals surface area contributed by atoms with E-state index in [0.717, 1.165) is 6.20 Å². The summed E-state index contributed by atoms with van der Waals surface area (Å²) in [6.07, 6.45) is 3.12. The Bertz CT molecular complexity index is 170. The Morgan fingerprint density at radius 3 is 2.62 bits per heavy atom. The van der Waals surface area contributed by atoms with Crippen LogP contribution in [-0.2, 0) is 9.59 Å². The maximum atomic E-state index is 10.1. The van der Waals surface area contributed by atoms with Gasteiger partial charge in [-0.05, 0) is 0 Å². The van der Waals surface area contributed by atoms with Crippen molar-refractivity contribution in [1.82, 2.24) is 0 Å². The van der Waals surface area contributed by atoms with Crippen molar-refractivity contribution < 1.29 is 9.59 Å². The molecule has 1 radical (unpaired) electrons. The summed E-state index contributed by atoms with van der Waals surface area (Å²) in [4.78, 5) is 20.3. The highest BCUT2D eigenvalue weighted by atomic mass is 16.2. The molecule has 4 heteroatoms. The number of carbonyl (C=O) groups excluding carboxylic acids is 2. The Kier molecular flexibility index (Phi) is 0.997. The predicted molar refractivity (Wildman–Crippen MR) is 22.7 cm³/mol.